The highest BCUT2D eigenvalue weighted by Gasteiger charge is 2.33. The van der Waals surface area contributed by atoms with E-state index in [2.05, 4.69) is 5.32 Å². The summed E-state index contributed by atoms with van der Waals surface area (Å²) in [6, 6.07) is 17.6. The first-order chi connectivity index (χ1) is 21.1. The average Bonchev–Trinajstić information content (AvgIpc) is 3.55. The number of carbonyl (C=O) groups is 2. The zero-order chi connectivity index (χ0) is 31.9. The largest absolute Gasteiger partial charge is 0.497 e. The van der Waals surface area contributed by atoms with E-state index in [1.165, 1.54) is 37.3 Å². The highest BCUT2D eigenvalue weighted by Crippen LogP contribution is 2.32. The fraction of sp³-hybridized carbons (Fsp3) is 0.394. The second-order valence-electron chi connectivity index (χ2n) is 10.9. The molecule has 0 aromatic heterocycles. The molecule has 0 bridgehead atoms. The topological polar surface area (TPSA) is 114 Å². The van der Waals surface area contributed by atoms with Crippen molar-refractivity contribution in [3.05, 3.63) is 77.9 Å². The van der Waals surface area contributed by atoms with Crippen LogP contribution in [0.25, 0.3) is 0 Å². The van der Waals surface area contributed by atoms with Gasteiger partial charge in [0.25, 0.3) is 10.0 Å². The molecule has 1 aliphatic rings. The summed E-state index contributed by atoms with van der Waals surface area (Å²) in [5.41, 5.74) is 2.01. The van der Waals surface area contributed by atoms with Crippen LogP contribution in [0.3, 0.4) is 0 Å². The van der Waals surface area contributed by atoms with Gasteiger partial charge in [-0.1, -0.05) is 42.7 Å². The molecule has 0 radical (unpaired) electrons. The van der Waals surface area contributed by atoms with Crippen molar-refractivity contribution in [2.75, 3.05) is 32.2 Å². The van der Waals surface area contributed by atoms with Gasteiger partial charge < -0.3 is 24.4 Å². The highest BCUT2D eigenvalue weighted by molar-refractivity contribution is 7.92. The molecule has 2 amide bonds. The van der Waals surface area contributed by atoms with E-state index in [-0.39, 0.29) is 29.1 Å². The monoisotopic (exact) mass is 623 g/mol. The summed E-state index contributed by atoms with van der Waals surface area (Å²) < 4.78 is 45.3. The van der Waals surface area contributed by atoms with Gasteiger partial charge in [0, 0.05) is 18.7 Å². The predicted octanol–water partition coefficient (Wildman–Crippen LogP) is 4.69. The number of benzene rings is 3. The van der Waals surface area contributed by atoms with Gasteiger partial charge >= 0.3 is 0 Å². The minimum absolute atomic E-state index is 0.0670. The van der Waals surface area contributed by atoms with Gasteiger partial charge in [-0.05, 0) is 68.7 Å². The molecule has 0 heterocycles. The molecule has 44 heavy (non-hydrogen) atoms. The Morgan fingerprint density at radius 3 is 2.11 bits per heavy atom. The molecule has 1 fully saturated rings. The fourth-order valence-electron chi connectivity index (χ4n) is 5.25. The van der Waals surface area contributed by atoms with E-state index in [4.69, 9.17) is 14.2 Å². The summed E-state index contributed by atoms with van der Waals surface area (Å²) in [5, 5.41) is 3.08. The number of hydrogen-bond donors (Lipinski definition) is 1. The second-order valence-corrected chi connectivity index (χ2v) is 12.8. The zero-order valence-corrected chi connectivity index (χ0v) is 26.7. The maximum absolute atomic E-state index is 14.2. The molecule has 0 aliphatic heterocycles. The van der Waals surface area contributed by atoms with Gasteiger partial charge in [-0.3, -0.25) is 13.9 Å². The Kier molecular flexibility index (Phi) is 10.7. The molecule has 3 aromatic carbocycles. The van der Waals surface area contributed by atoms with Crippen LogP contribution in [0, 0.1) is 6.92 Å². The van der Waals surface area contributed by atoms with E-state index >= 15 is 0 Å². The molecular weight excluding hydrogens is 582 g/mol. The molecule has 10 nitrogen and oxygen atoms in total. The van der Waals surface area contributed by atoms with Crippen LogP contribution in [0.1, 0.15) is 43.7 Å². The standard InChI is InChI=1S/C33H41N3O7S/c1-23-10-14-27(15-11-23)36(44(39,40)29-18-19-30(42-4)31(20-29)43-5)22-32(37)35(21-25-12-16-28(41-3)17-13-25)24(2)33(38)34-26-8-6-7-9-26/h10-20,24,26H,6-9,21-22H2,1-5H3,(H,34,38). The maximum Gasteiger partial charge on any atom is 0.264 e. The number of anilines is 1. The highest BCUT2D eigenvalue weighted by atomic mass is 32.2. The number of methoxy groups -OCH3 is 3. The Bertz CT molecular complexity index is 1540. The van der Waals surface area contributed by atoms with E-state index in [1.54, 1.807) is 50.4 Å². The van der Waals surface area contributed by atoms with Gasteiger partial charge in [-0.15, -0.1) is 0 Å². The zero-order valence-electron chi connectivity index (χ0n) is 25.9. The molecule has 1 N–H and O–H groups in total. The number of aryl methyl sites for hydroxylation is 1. The van der Waals surface area contributed by atoms with Crippen molar-refractivity contribution < 1.29 is 32.2 Å². The van der Waals surface area contributed by atoms with Crippen molar-refractivity contribution in [3.63, 3.8) is 0 Å². The molecule has 1 unspecified atom stereocenters. The van der Waals surface area contributed by atoms with Crippen LogP contribution in [0.5, 0.6) is 17.2 Å². The van der Waals surface area contributed by atoms with Crippen LogP contribution in [-0.2, 0) is 26.2 Å². The second kappa shape index (κ2) is 14.5. The molecule has 11 heteroatoms. The minimum Gasteiger partial charge on any atom is -0.497 e. The summed E-state index contributed by atoms with van der Waals surface area (Å²) in [6.07, 6.45) is 3.89. The summed E-state index contributed by atoms with van der Waals surface area (Å²) >= 11 is 0. The number of rotatable bonds is 13. The van der Waals surface area contributed by atoms with Gasteiger partial charge in [0.05, 0.1) is 31.9 Å². The predicted molar refractivity (Wildman–Crippen MR) is 169 cm³/mol. The van der Waals surface area contributed by atoms with Gasteiger partial charge in [-0.25, -0.2) is 8.42 Å². The lowest BCUT2D eigenvalue weighted by Crippen LogP contribution is -2.52. The Labute approximate surface area is 260 Å². The molecule has 1 atom stereocenters. The number of carbonyl (C=O) groups excluding carboxylic acids is 2. The first-order valence-corrected chi connectivity index (χ1v) is 16.1. The van der Waals surface area contributed by atoms with E-state index < -0.39 is 28.5 Å². The number of sulfonamides is 1. The maximum atomic E-state index is 14.2. The summed E-state index contributed by atoms with van der Waals surface area (Å²) in [4.78, 5) is 28.9. The third-order valence-electron chi connectivity index (χ3n) is 7.92. The average molecular weight is 624 g/mol. The fourth-order valence-corrected chi connectivity index (χ4v) is 6.68. The van der Waals surface area contributed by atoms with E-state index in [0.29, 0.717) is 17.2 Å². The molecule has 3 aromatic rings. The van der Waals surface area contributed by atoms with E-state index in [9.17, 15) is 18.0 Å². The number of amides is 2. The van der Waals surface area contributed by atoms with Crippen LogP contribution in [-0.4, -0.2) is 65.1 Å². The number of hydrogen-bond acceptors (Lipinski definition) is 7. The Balaban J connectivity index is 1.71. The van der Waals surface area contributed by atoms with Crippen molar-refractivity contribution in [1.29, 1.82) is 0 Å². The molecule has 236 valence electrons. The third-order valence-corrected chi connectivity index (χ3v) is 9.69. The number of ether oxygens (including phenoxy) is 3. The Hall–Kier alpha value is -4.25. The third kappa shape index (κ3) is 7.63. The van der Waals surface area contributed by atoms with Gasteiger partial charge in [0.15, 0.2) is 11.5 Å². The van der Waals surface area contributed by atoms with Crippen LogP contribution in [0.4, 0.5) is 5.69 Å². The molecule has 1 aliphatic carbocycles. The Morgan fingerprint density at radius 2 is 1.52 bits per heavy atom. The van der Waals surface area contributed by atoms with Crippen LogP contribution >= 0.6 is 0 Å². The summed E-state index contributed by atoms with van der Waals surface area (Å²) in [5.74, 6) is 0.465. The minimum atomic E-state index is -4.27. The van der Waals surface area contributed by atoms with Crippen LogP contribution < -0.4 is 23.8 Å². The lowest BCUT2D eigenvalue weighted by Gasteiger charge is -2.32. The summed E-state index contributed by atoms with van der Waals surface area (Å²) in [7, 11) is 0.186. The normalized spacial score (nSPS) is 14.0. The smallest absolute Gasteiger partial charge is 0.264 e. The van der Waals surface area contributed by atoms with Gasteiger partial charge in [0.2, 0.25) is 11.8 Å². The molecule has 4 rings (SSSR count). The van der Waals surface area contributed by atoms with Gasteiger partial charge in [0.1, 0.15) is 18.3 Å². The van der Waals surface area contributed by atoms with Crippen LogP contribution in [0.15, 0.2) is 71.6 Å². The lowest BCUT2D eigenvalue weighted by atomic mass is 10.1. The number of nitrogens with one attached hydrogen (secondary N) is 1. The SMILES string of the molecule is COc1ccc(CN(C(=O)CN(c2ccc(C)cc2)S(=O)(=O)c2ccc(OC)c(OC)c2)C(C)C(=O)NC2CCCC2)cc1. The van der Waals surface area contributed by atoms with E-state index in [0.717, 1.165) is 41.1 Å². The first kappa shape index (κ1) is 32.7. The van der Waals surface area contributed by atoms with E-state index in [1.807, 2.05) is 19.1 Å². The quantitative estimate of drug-likeness (QED) is 0.294. The van der Waals surface area contributed by atoms with Crippen molar-refractivity contribution in [2.45, 2.75) is 63.1 Å². The van der Waals surface area contributed by atoms with Crippen LogP contribution in [0.2, 0.25) is 0 Å². The summed E-state index contributed by atoms with van der Waals surface area (Å²) in [6.45, 7) is 3.13. The molecule has 0 saturated heterocycles. The molecule has 0 spiro atoms. The number of nitrogens with zero attached hydrogens (tertiary/aromatic N) is 2. The van der Waals surface area contributed by atoms with Gasteiger partial charge in [-0.2, -0.15) is 0 Å². The van der Waals surface area contributed by atoms with Crippen molar-refractivity contribution >= 4 is 27.5 Å². The first-order valence-electron chi connectivity index (χ1n) is 14.6. The van der Waals surface area contributed by atoms with Crippen molar-refractivity contribution in [1.82, 2.24) is 10.2 Å². The Morgan fingerprint density at radius 1 is 0.886 bits per heavy atom. The lowest BCUT2D eigenvalue weighted by molar-refractivity contribution is -0.139. The van der Waals surface area contributed by atoms with Crippen molar-refractivity contribution in [3.8, 4) is 17.2 Å². The molecular formula is C33H41N3O7S. The molecule has 1 saturated carbocycles. The van der Waals surface area contributed by atoms with Crippen molar-refractivity contribution in [2.24, 2.45) is 0 Å².